The fraction of sp³-hybridized carbons (Fsp3) is 0.360. The van der Waals surface area contributed by atoms with Crippen molar-refractivity contribution in [2.24, 2.45) is 5.92 Å². The molecule has 3 aromatic rings. The van der Waals surface area contributed by atoms with E-state index in [-0.39, 0.29) is 29.6 Å². The van der Waals surface area contributed by atoms with E-state index in [9.17, 15) is 9.59 Å². The van der Waals surface area contributed by atoms with E-state index in [1.54, 1.807) is 12.1 Å². The summed E-state index contributed by atoms with van der Waals surface area (Å²) < 4.78 is 10.5. The number of hydrogen-bond acceptors (Lipinski definition) is 6. The van der Waals surface area contributed by atoms with Crippen LogP contribution in [-0.4, -0.2) is 36.5 Å². The number of nitrogens with one attached hydrogen (secondary N) is 1. The Kier molecular flexibility index (Phi) is 7.53. The number of carbonyl (C=O) groups excluding carboxylic acids is 2. The van der Waals surface area contributed by atoms with Crippen molar-refractivity contribution in [1.29, 1.82) is 0 Å². The summed E-state index contributed by atoms with van der Waals surface area (Å²) in [5.41, 5.74) is 2.05. The predicted molar refractivity (Wildman–Crippen MR) is 130 cm³/mol. The van der Waals surface area contributed by atoms with Gasteiger partial charge in [0.15, 0.2) is 5.76 Å². The van der Waals surface area contributed by atoms with Crippen LogP contribution in [0.25, 0.3) is 0 Å². The van der Waals surface area contributed by atoms with Crippen molar-refractivity contribution in [2.45, 2.75) is 32.7 Å². The van der Waals surface area contributed by atoms with Gasteiger partial charge in [0.2, 0.25) is 0 Å². The number of carbonyl (C=O) groups is 2. The van der Waals surface area contributed by atoms with Gasteiger partial charge in [-0.3, -0.25) is 14.5 Å². The second-order valence-corrected chi connectivity index (χ2v) is 9.79. The molecule has 2 aromatic heterocycles. The average Bonchev–Trinajstić information content (AvgIpc) is 3.45. The van der Waals surface area contributed by atoms with Gasteiger partial charge < -0.3 is 14.5 Å². The van der Waals surface area contributed by atoms with Gasteiger partial charge in [0.25, 0.3) is 5.91 Å². The largest absolute Gasteiger partial charge is 0.466 e. The summed E-state index contributed by atoms with van der Waals surface area (Å²) in [5, 5.41) is 4.48. The maximum absolute atomic E-state index is 12.7. The summed E-state index contributed by atoms with van der Waals surface area (Å²) >= 11 is 7.89. The van der Waals surface area contributed by atoms with Gasteiger partial charge in [-0.25, -0.2) is 0 Å². The third-order valence-corrected chi connectivity index (χ3v) is 7.05. The SMILES string of the molecule is CCOC(=O)C1CCN(C(c2cccc(Cl)c2)c2cc(C)sc2NC(=O)c2ccco2)CC1. The topological polar surface area (TPSA) is 71.8 Å². The molecule has 1 aliphatic heterocycles. The third-order valence-electron chi connectivity index (χ3n) is 5.83. The number of aryl methyl sites for hydroxylation is 1. The zero-order valence-electron chi connectivity index (χ0n) is 18.7. The first-order valence-corrected chi connectivity index (χ1v) is 12.3. The molecule has 0 bridgehead atoms. The van der Waals surface area contributed by atoms with Crippen LogP contribution in [0.3, 0.4) is 0 Å². The van der Waals surface area contributed by atoms with Gasteiger partial charge in [-0.15, -0.1) is 11.3 Å². The molecule has 0 aliphatic carbocycles. The number of halogens is 1. The van der Waals surface area contributed by atoms with E-state index < -0.39 is 0 Å². The summed E-state index contributed by atoms with van der Waals surface area (Å²) in [6, 6.07) is 13.2. The fourth-order valence-electron chi connectivity index (χ4n) is 4.32. The van der Waals surface area contributed by atoms with E-state index in [0.717, 1.165) is 46.9 Å². The van der Waals surface area contributed by atoms with Gasteiger partial charge in [0.1, 0.15) is 5.00 Å². The molecule has 1 N–H and O–H groups in total. The fourth-order valence-corrected chi connectivity index (χ4v) is 5.46. The van der Waals surface area contributed by atoms with Gasteiger partial charge in [0, 0.05) is 15.5 Å². The number of nitrogens with zero attached hydrogens (tertiary/aromatic N) is 1. The second-order valence-electron chi connectivity index (χ2n) is 8.09. The lowest BCUT2D eigenvalue weighted by molar-refractivity contribution is -0.149. The highest BCUT2D eigenvalue weighted by Crippen LogP contribution is 2.41. The van der Waals surface area contributed by atoms with Crippen molar-refractivity contribution >= 4 is 39.8 Å². The maximum atomic E-state index is 12.7. The zero-order valence-corrected chi connectivity index (χ0v) is 20.2. The summed E-state index contributed by atoms with van der Waals surface area (Å²) in [5.74, 6) is -0.215. The molecule has 1 amide bonds. The van der Waals surface area contributed by atoms with Crippen molar-refractivity contribution in [3.05, 3.63) is 75.5 Å². The number of hydrogen-bond donors (Lipinski definition) is 1. The molecular weight excluding hydrogens is 460 g/mol. The van der Waals surface area contributed by atoms with Crippen LogP contribution in [0.5, 0.6) is 0 Å². The van der Waals surface area contributed by atoms with Crippen molar-refractivity contribution in [3.63, 3.8) is 0 Å². The maximum Gasteiger partial charge on any atom is 0.309 e. The van der Waals surface area contributed by atoms with Gasteiger partial charge in [-0.2, -0.15) is 0 Å². The van der Waals surface area contributed by atoms with Crippen molar-refractivity contribution in [2.75, 3.05) is 25.0 Å². The number of ether oxygens (including phenoxy) is 1. The normalized spacial score (nSPS) is 15.8. The molecule has 0 radical (unpaired) electrons. The highest BCUT2D eigenvalue weighted by atomic mass is 35.5. The molecule has 3 heterocycles. The minimum Gasteiger partial charge on any atom is -0.466 e. The molecule has 0 saturated carbocycles. The molecular formula is C25H27ClN2O4S. The Morgan fingerprint density at radius 3 is 2.70 bits per heavy atom. The van der Waals surface area contributed by atoms with E-state index in [1.807, 2.05) is 32.0 Å². The lowest BCUT2D eigenvalue weighted by Crippen LogP contribution is -2.39. The Labute approximate surface area is 202 Å². The molecule has 6 nitrogen and oxygen atoms in total. The first kappa shape index (κ1) is 23.5. The summed E-state index contributed by atoms with van der Waals surface area (Å²) in [4.78, 5) is 28.4. The van der Waals surface area contributed by atoms with Crippen molar-refractivity contribution < 1.29 is 18.7 Å². The minimum atomic E-state index is -0.283. The molecule has 0 spiro atoms. The number of furan rings is 1. The van der Waals surface area contributed by atoms with Crippen LogP contribution in [0, 0.1) is 12.8 Å². The van der Waals surface area contributed by atoms with Crippen LogP contribution in [0.2, 0.25) is 5.02 Å². The quantitative estimate of drug-likeness (QED) is 0.420. The van der Waals surface area contributed by atoms with Crippen molar-refractivity contribution in [3.8, 4) is 0 Å². The highest BCUT2D eigenvalue weighted by Gasteiger charge is 2.33. The Bertz CT molecular complexity index is 1100. The first-order valence-electron chi connectivity index (χ1n) is 11.1. The van der Waals surface area contributed by atoms with Crippen LogP contribution >= 0.6 is 22.9 Å². The Morgan fingerprint density at radius 2 is 2.03 bits per heavy atom. The van der Waals surface area contributed by atoms with Crippen LogP contribution < -0.4 is 5.32 Å². The lowest BCUT2D eigenvalue weighted by Gasteiger charge is -2.37. The van der Waals surface area contributed by atoms with Gasteiger partial charge in [-0.1, -0.05) is 23.7 Å². The van der Waals surface area contributed by atoms with Crippen LogP contribution in [0.1, 0.15) is 52.4 Å². The van der Waals surface area contributed by atoms with E-state index in [2.05, 4.69) is 22.3 Å². The smallest absolute Gasteiger partial charge is 0.309 e. The standard InChI is InChI=1S/C25H27ClN2O4S/c1-3-31-25(30)17-9-11-28(12-10-17)22(18-6-4-7-19(26)15-18)20-14-16(2)33-24(20)27-23(29)21-8-5-13-32-21/h4-8,13-15,17,22H,3,9-12H2,1-2H3,(H,27,29). The number of amides is 1. The Hall–Kier alpha value is -2.61. The average molecular weight is 487 g/mol. The Balaban J connectivity index is 1.64. The highest BCUT2D eigenvalue weighted by molar-refractivity contribution is 7.16. The van der Waals surface area contributed by atoms with E-state index in [1.165, 1.54) is 17.6 Å². The molecule has 174 valence electrons. The monoisotopic (exact) mass is 486 g/mol. The van der Waals surface area contributed by atoms with Gasteiger partial charge in [0.05, 0.1) is 24.8 Å². The van der Waals surface area contributed by atoms with Crippen LogP contribution in [0.15, 0.2) is 53.1 Å². The molecule has 1 unspecified atom stereocenters. The molecule has 1 saturated heterocycles. The summed E-state index contributed by atoms with van der Waals surface area (Å²) in [6.45, 7) is 5.73. The van der Waals surface area contributed by atoms with Crippen molar-refractivity contribution in [1.82, 2.24) is 4.90 Å². The molecule has 1 aliphatic rings. The predicted octanol–water partition coefficient (Wildman–Crippen LogP) is 5.92. The third kappa shape index (κ3) is 5.49. The number of rotatable bonds is 7. The summed E-state index contributed by atoms with van der Waals surface area (Å²) in [7, 11) is 0. The molecule has 1 aromatic carbocycles. The molecule has 4 rings (SSSR count). The number of anilines is 1. The lowest BCUT2D eigenvalue weighted by atomic mass is 9.91. The van der Waals surface area contributed by atoms with E-state index >= 15 is 0 Å². The van der Waals surface area contributed by atoms with Crippen LogP contribution in [0.4, 0.5) is 5.00 Å². The molecule has 1 atom stereocenters. The number of likely N-dealkylation sites (tertiary alicyclic amines) is 1. The molecule has 8 heteroatoms. The summed E-state index contributed by atoms with van der Waals surface area (Å²) in [6.07, 6.45) is 2.94. The second kappa shape index (κ2) is 10.5. The Morgan fingerprint density at radius 1 is 1.24 bits per heavy atom. The zero-order chi connectivity index (χ0) is 23.4. The first-order chi connectivity index (χ1) is 16.0. The van der Waals surface area contributed by atoms with Crippen LogP contribution in [-0.2, 0) is 9.53 Å². The minimum absolute atomic E-state index is 0.0800. The van der Waals surface area contributed by atoms with Gasteiger partial charge >= 0.3 is 5.97 Å². The van der Waals surface area contributed by atoms with E-state index in [4.69, 9.17) is 20.8 Å². The molecule has 33 heavy (non-hydrogen) atoms. The molecule has 1 fully saturated rings. The number of esters is 1. The number of thiophene rings is 1. The number of piperidine rings is 1. The number of benzene rings is 1. The van der Waals surface area contributed by atoms with E-state index in [0.29, 0.717) is 11.6 Å². The van der Waals surface area contributed by atoms with Gasteiger partial charge in [-0.05, 0) is 75.7 Å².